The maximum Gasteiger partial charge on any atom is 0.274 e. The Morgan fingerprint density at radius 1 is 1.19 bits per heavy atom. The summed E-state index contributed by atoms with van der Waals surface area (Å²) in [6, 6.07) is 15.4. The number of benzene rings is 2. The average Bonchev–Trinajstić information content (AvgIpc) is 3.02. The molecular formula is C20H18FN3O2. The summed E-state index contributed by atoms with van der Waals surface area (Å²) in [4.78, 5) is 11.9. The molecule has 1 aromatic heterocycles. The van der Waals surface area contributed by atoms with Crippen LogP contribution in [0.4, 0.5) is 4.39 Å². The number of carbonyl (C=O) groups is 1. The Morgan fingerprint density at radius 2 is 1.92 bits per heavy atom. The topological polar surface area (TPSA) is 55.6 Å². The summed E-state index contributed by atoms with van der Waals surface area (Å²) in [7, 11) is 1.63. The zero-order valence-corrected chi connectivity index (χ0v) is 14.4. The van der Waals surface area contributed by atoms with Crippen molar-refractivity contribution in [1.82, 2.24) is 9.99 Å². The van der Waals surface area contributed by atoms with Gasteiger partial charge in [-0.1, -0.05) is 12.1 Å². The van der Waals surface area contributed by atoms with Gasteiger partial charge in [0.1, 0.15) is 11.6 Å². The third kappa shape index (κ3) is 3.80. The molecule has 0 radical (unpaired) electrons. The lowest BCUT2D eigenvalue weighted by Crippen LogP contribution is -2.18. The molecule has 0 aliphatic heterocycles. The van der Waals surface area contributed by atoms with Gasteiger partial charge >= 0.3 is 0 Å². The molecule has 0 bridgehead atoms. The molecule has 0 spiro atoms. The summed E-state index contributed by atoms with van der Waals surface area (Å²) in [6.45, 7) is 1.97. The van der Waals surface area contributed by atoms with Gasteiger partial charge in [-0.2, -0.15) is 5.10 Å². The molecule has 132 valence electrons. The van der Waals surface area contributed by atoms with E-state index >= 15 is 0 Å². The van der Waals surface area contributed by atoms with Crippen molar-refractivity contribution in [3.05, 3.63) is 83.4 Å². The lowest BCUT2D eigenvalue weighted by Gasteiger charge is -2.06. The van der Waals surface area contributed by atoms with Crippen LogP contribution in [-0.2, 0) is 0 Å². The number of ether oxygens (including phenoxy) is 1. The minimum atomic E-state index is -0.592. The fraction of sp³-hybridized carbons (Fsp3) is 0.100. The molecule has 1 heterocycles. The van der Waals surface area contributed by atoms with Crippen LogP contribution < -0.4 is 10.2 Å². The molecule has 0 atom stereocenters. The van der Waals surface area contributed by atoms with Crippen LogP contribution in [0.5, 0.6) is 5.75 Å². The van der Waals surface area contributed by atoms with Gasteiger partial charge in [0.25, 0.3) is 5.91 Å². The molecule has 1 amide bonds. The van der Waals surface area contributed by atoms with Gasteiger partial charge in [0.2, 0.25) is 0 Å². The summed E-state index contributed by atoms with van der Waals surface area (Å²) in [6.07, 6.45) is 3.42. The number of carbonyl (C=O) groups excluding carboxylic acids is 1. The first kappa shape index (κ1) is 17.4. The number of hydrogen-bond donors (Lipinski definition) is 1. The molecule has 0 aliphatic rings. The highest BCUT2D eigenvalue weighted by molar-refractivity contribution is 5.95. The second-order valence-electron chi connectivity index (χ2n) is 5.66. The third-order valence-electron chi connectivity index (χ3n) is 3.88. The fourth-order valence-corrected chi connectivity index (χ4v) is 2.56. The van der Waals surface area contributed by atoms with Crippen molar-refractivity contribution in [2.75, 3.05) is 7.11 Å². The molecule has 2 aromatic carbocycles. The molecule has 0 unspecified atom stereocenters. The highest BCUT2D eigenvalue weighted by atomic mass is 19.1. The first-order valence-electron chi connectivity index (χ1n) is 8.00. The van der Waals surface area contributed by atoms with Gasteiger partial charge in [-0.25, -0.2) is 9.82 Å². The second-order valence-corrected chi connectivity index (χ2v) is 5.66. The van der Waals surface area contributed by atoms with E-state index in [1.807, 2.05) is 48.0 Å². The maximum absolute atomic E-state index is 13.6. The van der Waals surface area contributed by atoms with E-state index in [4.69, 9.17) is 4.74 Å². The Hall–Kier alpha value is -3.41. The minimum absolute atomic E-state index is 0.0448. The predicted octanol–water partition coefficient (Wildman–Crippen LogP) is 3.70. The van der Waals surface area contributed by atoms with Crippen molar-refractivity contribution in [2.24, 2.45) is 5.10 Å². The van der Waals surface area contributed by atoms with Crippen molar-refractivity contribution >= 4 is 12.1 Å². The minimum Gasteiger partial charge on any atom is -0.497 e. The van der Waals surface area contributed by atoms with Crippen LogP contribution in [0.25, 0.3) is 5.69 Å². The van der Waals surface area contributed by atoms with Gasteiger partial charge in [0, 0.05) is 23.1 Å². The fourth-order valence-electron chi connectivity index (χ4n) is 2.56. The van der Waals surface area contributed by atoms with Crippen molar-refractivity contribution < 1.29 is 13.9 Å². The maximum atomic E-state index is 13.6. The first-order valence-corrected chi connectivity index (χ1v) is 8.00. The van der Waals surface area contributed by atoms with E-state index < -0.39 is 11.7 Å². The van der Waals surface area contributed by atoms with Crippen LogP contribution in [0, 0.1) is 12.7 Å². The Bertz CT molecular complexity index is 946. The number of methoxy groups -OCH3 is 1. The molecule has 6 heteroatoms. The molecular weight excluding hydrogens is 333 g/mol. The van der Waals surface area contributed by atoms with Gasteiger partial charge in [-0.15, -0.1) is 0 Å². The monoisotopic (exact) mass is 351 g/mol. The normalized spacial score (nSPS) is 10.9. The Kier molecular flexibility index (Phi) is 5.12. The average molecular weight is 351 g/mol. The molecule has 0 saturated carbocycles. The Morgan fingerprint density at radius 3 is 2.62 bits per heavy atom. The van der Waals surface area contributed by atoms with Gasteiger partial charge in [0.15, 0.2) is 0 Å². The lowest BCUT2D eigenvalue weighted by molar-refractivity contribution is 0.0951. The molecule has 26 heavy (non-hydrogen) atoms. The summed E-state index contributed by atoms with van der Waals surface area (Å²) >= 11 is 0. The molecule has 1 N–H and O–H groups in total. The van der Waals surface area contributed by atoms with E-state index in [9.17, 15) is 9.18 Å². The van der Waals surface area contributed by atoms with Crippen LogP contribution in [0.2, 0.25) is 0 Å². The summed E-state index contributed by atoms with van der Waals surface area (Å²) < 4.78 is 20.7. The quantitative estimate of drug-likeness (QED) is 0.563. The van der Waals surface area contributed by atoms with E-state index in [0.29, 0.717) is 0 Å². The molecule has 3 rings (SSSR count). The smallest absolute Gasteiger partial charge is 0.274 e. The van der Waals surface area contributed by atoms with Crippen molar-refractivity contribution in [3.8, 4) is 11.4 Å². The van der Waals surface area contributed by atoms with Gasteiger partial charge in [-0.3, -0.25) is 4.79 Å². The van der Waals surface area contributed by atoms with E-state index in [1.165, 1.54) is 24.4 Å². The van der Waals surface area contributed by atoms with Crippen LogP contribution in [-0.4, -0.2) is 23.8 Å². The van der Waals surface area contributed by atoms with Crippen molar-refractivity contribution in [3.63, 3.8) is 0 Å². The second kappa shape index (κ2) is 7.65. The van der Waals surface area contributed by atoms with E-state index in [1.54, 1.807) is 13.2 Å². The van der Waals surface area contributed by atoms with E-state index in [-0.39, 0.29) is 5.56 Å². The zero-order valence-electron chi connectivity index (χ0n) is 14.4. The molecule has 0 aliphatic carbocycles. The number of hydrazone groups is 1. The number of rotatable bonds is 5. The first-order chi connectivity index (χ1) is 12.6. The van der Waals surface area contributed by atoms with Crippen molar-refractivity contribution in [1.29, 1.82) is 0 Å². The summed E-state index contributed by atoms with van der Waals surface area (Å²) in [5, 5.41) is 3.91. The third-order valence-corrected chi connectivity index (χ3v) is 3.88. The molecule has 0 saturated heterocycles. The number of aromatic nitrogens is 1. The highest BCUT2D eigenvalue weighted by Gasteiger charge is 2.09. The van der Waals surface area contributed by atoms with Crippen LogP contribution in [0.1, 0.15) is 21.6 Å². The Balaban J connectivity index is 1.71. The van der Waals surface area contributed by atoms with Gasteiger partial charge in [0.05, 0.1) is 18.9 Å². The number of halogens is 1. The number of hydrogen-bond acceptors (Lipinski definition) is 3. The summed E-state index contributed by atoms with van der Waals surface area (Å²) in [5.41, 5.74) is 5.10. The number of amides is 1. The van der Waals surface area contributed by atoms with Gasteiger partial charge < -0.3 is 9.30 Å². The predicted molar refractivity (Wildman–Crippen MR) is 98.5 cm³/mol. The van der Waals surface area contributed by atoms with E-state index in [2.05, 4.69) is 10.5 Å². The number of nitrogens with zero attached hydrogens (tertiary/aromatic N) is 2. The lowest BCUT2D eigenvalue weighted by atomic mass is 10.2. The highest BCUT2D eigenvalue weighted by Crippen LogP contribution is 2.18. The van der Waals surface area contributed by atoms with E-state index in [0.717, 1.165) is 22.7 Å². The molecule has 3 aromatic rings. The Labute approximate surface area is 150 Å². The number of nitrogens with one attached hydrogen (secondary N) is 1. The number of aryl methyl sites for hydroxylation is 1. The summed E-state index contributed by atoms with van der Waals surface area (Å²) in [5.74, 6) is -0.386. The molecule has 5 nitrogen and oxygen atoms in total. The van der Waals surface area contributed by atoms with Crippen LogP contribution in [0.15, 0.2) is 65.9 Å². The standard InChI is InChI=1S/C20H18FN3O2/c1-14-11-15(13-24(14)16-7-9-17(26-2)10-8-16)12-22-23-20(25)18-5-3-4-6-19(18)21/h3-13H,1-2H3,(H,23,25)/b22-12-. The molecule has 0 fully saturated rings. The van der Waals surface area contributed by atoms with Crippen molar-refractivity contribution in [2.45, 2.75) is 6.92 Å². The zero-order chi connectivity index (χ0) is 18.5. The largest absolute Gasteiger partial charge is 0.497 e. The van der Waals surface area contributed by atoms with Crippen LogP contribution in [0.3, 0.4) is 0 Å². The van der Waals surface area contributed by atoms with Crippen LogP contribution >= 0.6 is 0 Å². The van der Waals surface area contributed by atoms with Gasteiger partial charge in [-0.05, 0) is 49.4 Å². The SMILES string of the molecule is COc1ccc(-n2cc(/C=N\NC(=O)c3ccccc3F)cc2C)cc1.